The van der Waals surface area contributed by atoms with Crippen LogP contribution in [0, 0.1) is 23.6 Å². The third-order valence-electron chi connectivity index (χ3n) is 5.69. The van der Waals surface area contributed by atoms with Gasteiger partial charge in [-0.1, -0.05) is 6.07 Å². The molecule has 4 rings (SSSR count). The molecule has 0 spiro atoms. The molecule has 2 aliphatic heterocycles. The lowest BCUT2D eigenvalue weighted by atomic mass is 9.80. The molecule has 0 aliphatic carbocycles. The van der Waals surface area contributed by atoms with Crippen molar-refractivity contribution in [2.75, 3.05) is 39.2 Å². The Morgan fingerprint density at radius 2 is 2.00 bits per heavy atom. The highest BCUT2D eigenvalue weighted by atomic mass is 32.2. The monoisotopic (exact) mass is 421 g/mol. The molecular weight excluding hydrogens is 397 g/mol. The van der Waals surface area contributed by atoms with Gasteiger partial charge in [0.15, 0.2) is 9.84 Å². The first-order valence-electron chi connectivity index (χ1n) is 9.65. The number of ether oxygens (including phenoxy) is 2. The van der Waals surface area contributed by atoms with E-state index in [-0.39, 0.29) is 16.5 Å². The normalized spacial score (nSPS) is 24.7. The molecule has 3 heterocycles. The number of fused-ring (bicyclic) bond motifs is 2. The third kappa shape index (κ3) is 4.57. The lowest BCUT2D eigenvalue weighted by Gasteiger charge is -2.35. The minimum Gasteiger partial charge on any atom is -0.463 e. The first-order valence-corrected chi connectivity index (χ1v) is 11.5. The summed E-state index contributed by atoms with van der Waals surface area (Å²) < 4.78 is 49.0. The molecule has 3 unspecified atom stereocenters. The quantitative estimate of drug-likeness (QED) is 0.789. The molecule has 0 radical (unpaired) electrons. The molecule has 2 aliphatic rings. The van der Waals surface area contributed by atoms with Crippen LogP contribution in [0.3, 0.4) is 0 Å². The first kappa shape index (κ1) is 20.2. The van der Waals surface area contributed by atoms with E-state index in [1.807, 2.05) is 0 Å². The number of sulfone groups is 1. The van der Waals surface area contributed by atoms with Crippen LogP contribution < -0.4 is 10.1 Å². The molecule has 0 saturated carbocycles. The summed E-state index contributed by atoms with van der Waals surface area (Å²) >= 11 is 0. The predicted molar refractivity (Wildman–Crippen MR) is 105 cm³/mol. The second kappa shape index (κ2) is 8.33. The molecule has 156 valence electrons. The summed E-state index contributed by atoms with van der Waals surface area (Å²) in [4.78, 5) is 8.35. The van der Waals surface area contributed by atoms with Gasteiger partial charge in [-0.15, -0.1) is 0 Å². The summed E-state index contributed by atoms with van der Waals surface area (Å²) in [7, 11) is -3.46. The maximum absolute atomic E-state index is 14.4. The largest absolute Gasteiger partial charge is 0.463 e. The van der Waals surface area contributed by atoms with Crippen LogP contribution in [-0.4, -0.2) is 57.6 Å². The summed E-state index contributed by atoms with van der Waals surface area (Å²) in [6, 6.07) is 4.05. The maximum atomic E-state index is 14.4. The van der Waals surface area contributed by atoms with E-state index >= 15 is 0 Å². The predicted octanol–water partition coefficient (Wildman–Crippen LogP) is 1.94. The number of aromatic nitrogens is 2. The maximum Gasteiger partial charge on any atom is 0.316 e. The smallest absolute Gasteiger partial charge is 0.316 e. The van der Waals surface area contributed by atoms with E-state index in [1.165, 1.54) is 24.5 Å². The Labute approximate surface area is 169 Å². The van der Waals surface area contributed by atoms with Gasteiger partial charge in [0.25, 0.3) is 0 Å². The minimum atomic E-state index is -3.46. The van der Waals surface area contributed by atoms with Gasteiger partial charge in [-0.3, -0.25) is 0 Å². The van der Waals surface area contributed by atoms with Crippen molar-refractivity contribution in [2.45, 2.75) is 11.3 Å². The molecule has 1 N–H and O–H groups in total. The molecule has 0 amide bonds. The van der Waals surface area contributed by atoms with Crippen LogP contribution in [0.5, 0.6) is 6.01 Å². The lowest BCUT2D eigenvalue weighted by molar-refractivity contribution is -0.0378. The summed E-state index contributed by atoms with van der Waals surface area (Å²) in [5.41, 5.74) is 0.698. The van der Waals surface area contributed by atoms with E-state index in [9.17, 15) is 12.8 Å². The van der Waals surface area contributed by atoms with Crippen LogP contribution in [-0.2, 0) is 14.6 Å². The molecule has 3 atom stereocenters. The van der Waals surface area contributed by atoms with Gasteiger partial charge in [0.05, 0.1) is 18.1 Å². The molecule has 1 aromatic heterocycles. The fourth-order valence-electron chi connectivity index (χ4n) is 4.02. The van der Waals surface area contributed by atoms with Crippen molar-refractivity contribution in [1.82, 2.24) is 15.3 Å². The van der Waals surface area contributed by atoms with E-state index in [2.05, 4.69) is 15.3 Å². The molecule has 29 heavy (non-hydrogen) atoms. The number of hydrogen-bond donors (Lipinski definition) is 1. The van der Waals surface area contributed by atoms with E-state index < -0.39 is 15.7 Å². The zero-order valence-electron chi connectivity index (χ0n) is 16.2. The molecule has 2 bridgehead atoms. The molecule has 2 saturated heterocycles. The molecule has 7 nitrogen and oxygen atoms in total. The van der Waals surface area contributed by atoms with Gasteiger partial charge < -0.3 is 14.8 Å². The Bertz CT molecular complexity index is 954. The van der Waals surface area contributed by atoms with Gasteiger partial charge >= 0.3 is 6.01 Å². The minimum absolute atomic E-state index is 0.0629. The van der Waals surface area contributed by atoms with Crippen molar-refractivity contribution in [1.29, 1.82) is 0 Å². The Morgan fingerprint density at radius 1 is 1.24 bits per heavy atom. The van der Waals surface area contributed by atoms with Crippen LogP contribution in [0.15, 0.2) is 35.5 Å². The van der Waals surface area contributed by atoms with Gasteiger partial charge in [0.1, 0.15) is 5.82 Å². The van der Waals surface area contributed by atoms with Gasteiger partial charge in [-0.25, -0.2) is 22.8 Å². The average Bonchev–Trinajstić information content (AvgIpc) is 2.80. The van der Waals surface area contributed by atoms with Gasteiger partial charge in [-0.2, -0.15) is 0 Å². The van der Waals surface area contributed by atoms with Crippen LogP contribution in [0.2, 0.25) is 0 Å². The first-order chi connectivity index (χ1) is 13.9. The Hall–Kier alpha value is -2.10. The van der Waals surface area contributed by atoms with Crippen molar-refractivity contribution >= 4 is 9.84 Å². The van der Waals surface area contributed by atoms with E-state index in [1.54, 1.807) is 0 Å². The number of hydrogen-bond acceptors (Lipinski definition) is 7. The lowest BCUT2D eigenvalue weighted by Crippen LogP contribution is -2.40. The molecule has 9 heteroatoms. The summed E-state index contributed by atoms with van der Waals surface area (Å²) in [5, 5.41) is 3.45. The van der Waals surface area contributed by atoms with E-state index in [4.69, 9.17) is 9.47 Å². The SMILES string of the molecule is CS(=O)(=O)c1ccc(-c2cnc(OCC3C4CCNCC3COC4)nc2)c(F)c1. The van der Waals surface area contributed by atoms with Crippen molar-refractivity contribution in [3.8, 4) is 17.1 Å². The third-order valence-corrected chi connectivity index (χ3v) is 6.80. The Kier molecular flexibility index (Phi) is 5.80. The summed E-state index contributed by atoms with van der Waals surface area (Å²) in [6.45, 7) is 3.94. The zero-order valence-corrected chi connectivity index (χ0v) is 17.0. The topological polar surface area (TPSA) is 90.4 Å². The van der Waals surface area contributed by atoms with Gasteiger partial charge in [-0.05, 0) is 31.0 Å². The number of benzene rings is 1. The fraction of sp³-hybridized carbons (Fsp3) is 0.500. The highest BCUT2D eigenvalue weighted by Crippen LogP contribution is 2.31. The summed E-state index contributed by atoms with van der Waals surface area (Å²) in [5.74, 6) is 0.635. The molecule has 1 aromatic carbocycles. The molecule has 2 aromatic rings. The van der Waals surface area contributed by atoms with Gasteiger partial charge in [0.2, 0.25) is 0 Å². The van der Waals surface area contributed by atoms with E-state index in [0.717, 1.165) is 45.0 Å². The summed E-state index contributed by atoms with van der Waals surface area (Å²) in [6.07, 6.45) is 5.08. The van der Waals surface area contributed by atoms with Crippen LogP contribution in [0.1, 0.15) is 6.42 Å². The molecule has 2 fully saturated rings. The van der Waals surface area contributed by atoms with Gasteiger partial charge in [0, 0.05) is 54.8 Å². The second-order valence-electron chi connectivity index (χ2n) is 7.69. The Balaban J connectivity index is 1.44. The number of rotatable bonds is 5. The van der Waals surface area contributed by atoms with Crippen LogP contribution in [0.25, 0.3) is 11.1 Å². The zero-order chi connectivity index (χ0) is 20.4. The average molecular weight is 421 g/mol. The Morgan fingerprint density at radius 3 is 2.72 bits per heavy atom. The second-order valence-corrected chi connectivity index (χ2v) is 9.71. The molecular formula is C20H24FN3O4S. The van der Waals surface area contributed by atoms with E-state index in [0.29, 0.717) is 29.9 Å². The van der Waals surface area contributed by atoms with Crippen molar-refractivity contribution in [3.63, 3.8) is 0 Å². The highest BCUT2D eigenvalue weighted by Gasteiger charge is 2.36. The highest BCUT2D eigenvalue weighted by molar-refractivity contribution is 7.90. The van der Waals surface area contributed by atoms with Crippen LogP contribution >= 0.6 is 0 Å². The van der Waals surface area contributed by atoms with Crippen LogP contribution in [0.4, 0.5) is 4.39 Å². The van der Waals surface area contributed by atoms with Crippen molar-refractivity contribution in [2.24, 2.45) is 17.8 Å². The van der Waals surface area contributed by atoms with Crippen molar-refractivity contribution < 1.29 is 22.3 Å². The van der Waals surface area contributed by atoms with Crippen molar-refractivity contribution in [3.05, 3.63) is 36.4 Å². The number of nitrogens with one attached hydrogen (secondary N) is 1. The number of nitrogens with zero attached hydrogens (tertiary/aromatic N) is 2. The fourth-order valence-corrected chi connectivity index (χ4v) is 4.65. The standard InChI is InChI=1S/C20H24FN3O4S/c1-29(25,26)16-2-3-17(19(21)6-16)14-8-23-20(24-9-14)28-12-18-13-4-5-22-7-15(18)11-27-10-13/h2-3,6,8-9,13,15,18,22H,4-5,7,10-12H2,1H3. The number of halogens is 1.